The van der Waals surface area contributed by atoms with Crippen molar-refractivity contribution in [3.05, 3.63) is 205 Å². The number of hydrogen-bond donors (Lipinski definition) is 1. The molecule has 5 aliphatic heterocycles. The summed E-state index contributed by atoms with van der Waals surface area (Å²) in [5.74, 6) is 0.409. The number of benzene rings is 6. The van der Waals surface area contributed by atoms with Crippen molar-refractivity contribution >= 4 is 57.9 Å². The van der Waals surface area contributed by atoms with Gasteiger partial charge in [-0.15, -0.1) is 0 Å². The number of para-hydroxylation sites is 4. The number of halogens is 1. The standard InChI is InChI=1S/C19H18N2O3.C12H16N.C12H15N.C11H13N.C7H5NO4.HI.Na.H2O/c1-18(2)15-6-4-5-7-16(15)20(3)19(18)11-10-13-12-14(21(22)23)8-9-17(13)24-19;2*1-9-12(2,3)10-7-5-6-8-11(10)13(9)4;1-8-11(2,3)9-6-4-5-7-10(9)12-8;9-4-5-3-6(8(11)12)1-2-7(5)10;;;/h4-12H,1-3H3;5-8H,1-4H3;5-8H,1H2,2-4H3;4-7H,1-3H3;1-4,10H;1H;;1H2/q;+1;;;;;+1;/p-2. The number of aldehydes is 1. The number of rotatable bonds is 3. The van der Waals surface area contributed by atoms with Crippen molar-refractivity contribution in [2.75, 3.05) is 30.9 Å². The van der Waals surface area contributed by atoms with Crippen molar-refractivity contribution in [2.24, 2.45) is 4.99 Å². The summed E-state index contributed by atoms with van der Waals surface area (Å²) >= 11 is 0. The number of carbonyl (C=O) groups is 1. The fourth-order valence-corrected chi connectivity index (χ4v) is 10.3. The number of fused-ring (bicyclic) bond motifs is 5. The number of carbonyl (C=O) groups excluding carboxylic acids is 1. The predicted molar refractivity (Wildman–Crippen MR) is 301 cm³/mol. The Morgan fingerprint density at radius 2 is 1.21 bits per heavy atom. The normalized spacial score (nSPS) is 17.9. The van der Waals surface area contributed by atoms with Crippen LogP contribution in [0.25, 0.3) is 6.08 Å². The average Bonchev–Trinajstić information content (AvgIpc) is 3.87. The first-order valence-corrected chi connectivity index (χ1v) is 24.5. The zero-order chi connectivity index (χ0) is 54.3. The molecule has 6 aromatic rings. The van der Waals surface area contributed by atoms with Gasteiger partial charge in [-0.2, -0.15) is 0 Å². The van der Waals surface area contributed by atoms with Gasteiger partial charge in [0.05, 0.1) is 31.9 Å². The third kappa shape index (κ3) is 11.6. The topological polar surface area (TPSA) is 185 Å². The first-order valence-electron chi connectivity index (χ1n) is 24.5. The van der Waals surface area contributed by atoms with E-state index in [0.717, 1.165) is 35.1 Å². The van der Waals surface area contributed by atoms with Crippen LogP contribution in [0.15, 0.2) is 157 Å². The molecule has 0 saturated carbocycles. The van der Waals surface area contributed by atoms with Gasteiger partial charge in [0.25, 0.3) is 11.4 Å². The Bertz CT molecular complexity index is 3330. The summed E-state index contributed by atoms with van der Waals surface area (Å²) in [6, 6.07) is 41.7. The Morgan fingerprint density at radius 1 is 0.688 bits per heavy atom. The van der Waals surface area contributed by atoms with Crippen LogP contribution < -0.4 is 68.1 Å². The van der Waals surface area contributed by atoms with Crippen LogP contribution in [0.4, 0.5) is 34.1 Å². The van der Waals surface area contributed by atoms with Crippen molar-refractivity contribution in [3.63, 3.8) is 0 Å². The van der Waals surface area contributed by atoms with Crippen LogP contribution in [0, 0.1) is 20.2 Å². The van der Waals surface area contributed by atoms with Crippen LogP contribution in [0.2, 0.25) is 0 Å². The van der Waals surface area contributed by atoms with Gasteiger partial charge in [-0.3, -0.25) is 30.0 Å². The number of non-ortho nitro benzene ring substituents is 2. The minimum Gasteiger partial charge on any atom is -1.00 e. The summed E-state index contributed by atoms with van der Waals surface area (Å²) in [5, 5.41) is 30.1. The van der Waals surface area contributed by atoms with E-state index in [-0.39, 0.29) is 108 Å². The van der Waals surface area contributed by atoms with E-state index in [0.29, 0.717) is 12.0 Å². The molecule has 5 heterocycles. The SMILES string of the molecule is C=C1N(C)c2ccccc2C1(C)C.CC1=Nc2ccccc2C1(C)C.CC1=[N+](C)c2ccccc2C1(C)C.CN1c2ccccc2C(C)(C)C12C=Cc1cc([N+](=O)[O-])ccc1O2.O=Cc1cc([N+](=O)[O-])ccc1O.[I-].[Na+].[OH-]. The van der Waals surface area contributed by atoms with Crippen LogP contribution in [-0.2, 0) is 21.7 Å². The quantitative estimate of drug-likeness (QED) is 0.0459. The minimum atomic E-state index is -0.653. The summed E-state index contributed by atoms with van der Waals surface area (Å²) in [7, 11) is 6.24. The second-order valence-corrected chi connectivity index (χ2v) is 21.2. The van der Waals surface area contributed by atoms with Gasteiger partial charge in [0.2, 0.25) is 11.4 Å². The summed E-state index contributed by atoms with van der Waals surface area (Å²) in [6.07, 6.45) is 4.30. The number of phenols is 1. The third-order valence-electron chi connectivity index (χ3n) is 15.8. The van der Waals surface area contributed by atoms with Crippen molar-refractivity contribution in [1.29, 1.82) is 0 Å². The molecule has 398 valence electrons. The number of nitro groups is 2. The molecule has 14 nitrogen and oxygen atoms in total. The molecule has 0 amide bonds. The monoisotopic (exact) mass is 1160 g/mol. The fourth-order valence-electron chi connectivity index (χ4n) is 10.3. The van der Waals surface area contributed by atoms with Gasteiger partial charge in [0.15, 0.2) is 12.0 Å². The van der Waals surface area contributed by atoms with Crippen LogP contribution in [0.1, 0.15) is 107 Å². The Kier molecular flexibility index (Phi) is 19.7. The number of phenolic OH excluding ortho intramolecular Hbond substituents is 1. The molecular weight excluding hydrogens is 1090 g/mol. The molecular formula is C61H68IN6NaO8. The molecule has 1 spiro atoms. The number of nitro benzene ring substituents is 2. The van der Waals surface area contributed by atoms with Crippen LogP contribution >= 0.6 is 0 Å². The molecule has 77 heavy (non-hydrogen) atoms. The number of likely N-dealkylation sites (N-methyl/N-ethyl adjacent to an activating group) is 2. The molecule has 0 radical (unpaired) electrons. The number of ether oxygens (including phenoxy) is 1. The van der Waals surface area contributed by atoms with E-state index in [1.807, 2.05) is 37.4 Å². The molecule has 1 unspecified atom stereocenters. The van der Waals surface area contributed by atoms with Crippen molar-refractivity contribution in [2.45, 2.75) is 96.6 Å². The van der Waals surface area contributed by atoms with E-state index in [1.54, 1.807) is 12.1 Å². The summed E-state index contributed by atoms with van der Waals surface area (Å²) in [4.78, 5) is 39.2. The van der Waals surface area contributed by atoms with Gasteiger partial charge < -0.3 is 49.1 Å². The molecule has 6 aromatic carbocycles. The summed E-state index contributed by atoms with van der Waals surface area (Å²) in [5.41, 5.74) is 14.1. The number of anilines is 2. The number of allylic oxidation sites excluding steroid dienone is 1. The second kappa shape index (κ2) is 24.0. The number of aromatic hydroxyl groups is 1. The molecule has 0 bridgehead atoms. The van der Waals surface area contributed by atoms with Gasteiger partial charge >= 0.3 is 29.6 Å². The van der Waals surface area contributed by atoms with Crippen LogP contribution in [0.5, 0.6) is 11.5 Å². The minimum absolute atomic E-state index is 0. The molecule has 5 aliphatic rings. The van der Waals surface area contributed by atoms with Gasteiger partial charge in [-0.05, 0) is 93.8 Å². The molecule has 1 atom stereocenters. The molecule has 11 rings (SSSR count). The Hall–Kier alpha value is -6.50. The van der Waals surface area contributed by atoms with E-state index in [1.165, 1.54) is 56.8 Å². The first kappa shape index (κ1) is 63.0. The largest absolute Gasteiger partial charge is 1.00 e. The van der Waals surface area contributed by atoms with E-state index in [4.69, 9.17) is 9.84 Å². The van der Waals surface area contributed by atoms with Crippen molar-refractivity contribution in [3.8, 4) is 11.5 Å². The van der Waals surface area contributed by atoms with Gasteiger partial charge in [0, 0.05) is 96.1 Å². The maximum atomic E-state index is 11.0. The van der Waals surface area contributed by atoms with Gasteiger partial charge in [0.1, 0.15) is 18.5 Å². The maximum absolute atomic E-state index is 11.0. The van der Waals surface area contributed by atoms with Crippen molar-refractivity contribution < 1.29 is 88.1 Å². The van der Waals surface area contributed by atoms with Crippen molar-refractivity contribution in [1.82, 2.24) is 0 Å². The predicted octanol–water partition coefficient (Wildman–Crippen LogP) is 7.78. The van der Waals surface area contributed by atoms with Crippen LogP contribution in [0.3, 0.4) is 0 Å². The van der Waals surface area contributed by atoms with Crippen LogP contribution in [-0.4, -0.2) is 69.6 Å². The zero-order valence-electron chi connectivity index (χ0n) is 46.5. The molecule has 0 saturated heterocycles. The molecule has 0 aliphatic carbocycles. The fraction of sp³-hybridized carbons (Fsp3) is 0.295. The van der Waals surface area contributed by atoms with E-state index in [9.17, 15) is 25.0 Å². The number of hydrogen-bond acceptors (Lipinski definition) is 11. The Balaban J connectivity index is 0.000000213. The Labute approximate surface area is 491 Å². The summed E-state index contributed by atoms with van der Waals surface area (Å²) < 4.78 is 8.73. The van der Waals surface area contributed by atoms with Gasteiger partial charge in [-0.25, -0.2) is 4.58 Å². The van der Waals surface area contributed by atoms with E-state index >= 15 is 0 Å². The number of aliphatic imine (C=N–C) groups is 1. The smallest absolute Gasteiger partial charge is 1.00 e. The average molecular weight is 1160 g/mol. The van der Waals surface area contributed by atoms with E-state index in [2.05, 4.69) is 188 Å². The summed E-state index contributed by atoms with van der Waals surface area (Å²) in [6.45, 7) is 26.2. The maximum Gasteiger partial charge on any atom is 1.00 e. The molecule has 2 N–H and O–H groups in total. The molecule has 0 aromatic heterocycles. The third-order valence-corrected chi connectivity index (χ3v) is 15.8. The zero-order valence-corrected chi connectivity index (χ0v) is 50.7. The molecule has 0 fully saturated rings. The second-order valence-electron chi connectivity index (χ2n) is 21.2. The Morgan fingerprint density at radius 3 is 1.77 bits per heavy atom. The molecule has 16 heteroatoms. The van der Waals surface area contributed by atoms with Gasteiger partial charge in [-0.1, -0.05) is 107 Å². The van der Waals surface area contributed by atoms with E-state index < -0.39 is 10.6 Å². The number of nitrogens with zero attached hydrogens (tertiary/aromatic N) is 6. The first-order chi connectivity index (χ1) is 34.7.